The van der Waals surface area contributed by atoms with E-state index in [-0.39, 0.29) is 17.4 Å². The number of carbonyl (C=O) groups excluding carboxylic acids is 2. The average Bonchev–Trinajstić information content (AvgIpc) is 3.12. The summed E-state index contributed by atoms with van der Waals surface area (Å²) >= 11 is 1.53. The van der Waals surface area contributed by atoms with Crippen LogP contribution in [-0.2, 0) is 4.79 Å². The number of rotatable bonds is 6. The Bertz CT molecular complexity index is 754. The molecular formula is C17H18N2O4S. The lowest BCUT2D eigenvalue weighted by atomic mass is 10.1. The van der Waals surface area contributed by atoms with Gasteiger partial charge in [0, 0.05) is 24.1 Å². The van der Waals surface area contributed by atoms with Crippen molar-refractivity contribution in [3.05, 3.63) is 46.2 Å². The lowest BCUT2D eigenvalue weighted by Crippen LogP contribution is -2.21. The van der Waals surface area contributed by atoms with Gasteiger partial charge in [0.1, 0.15) is 0 Å². The van der Waals surface area contributed by atoms with Crippen LogP contribution in [0.4, 0.5) is 5.69 Å². The minimum atomic E-state index is -0.347. The number of hydrogen-bond donors (Lipinski definition) is 2. The summed E-state index contributed by atoms with van der Waals surface area (Å²) < 4.78 is 10.4. The van der Waals surface area contributed by atoms with Crippen LogP contribution in [0.1, 0.15) is 15.2 Å². The van der Waals surface area contributed by atoms with E-state index < -0.39 is 0 Å². The van der Waals surface area contributed by atoms with E-state index in [2.05, 4.69) is 10.6 Å². The molecule has 7 heteroatoms. The van der Waals surface area contributed by atoms with Gasteiger partial charge in [0.2, 0.25) is 5.91 Å². The van der Waals surface area contributed by atoms with Crippen molar-refractivity contribution < 1.29 is 19.1 Å². The third kappa shape index (κ3) is 4.14. The van der Waals surface area contributed by atoms with E-state index in [1.54, 1.807) is 12.1 Å². The van der Waals surface area contributed by atoms with E-state index in [0.29, 0.717) is 17.2 Å². The van der Waals surface area contributed by atoms with E-state index >= 15 is 0 Å². The van der Waals surface area contributed by atoms with Crippen LogP contribution in [0.2, 0.25) is 0 Å². The van der Waals surface area contributed by atoms with E-state index in [0.717, 1.165) is 4.88 Å². The first-order valence-corrected chi connectivity index (χ1v) is 7.97. The van der Waals surface area contributed by atoms with Gasteiger partial charge in [-0.05, 0) is 23.6 Å². The van der Waals surface area contributed by atoms with Gasteiger partial charge in [0.25, 0.3) is 5.91 Å². The highest BCUT2D eigenvalue weighted by atomic mass is 32.1. The Morgan fingerprint density at radius 2 is 1.88 bits per heavy atom. The minimum absolute atomic E-state index is 0.285. The summed E-state index contributed by atoms with van der Waals surface area (Å²) in [5.41, 5.74) is 0.626. The molecule has 0 spiro atoms. The number of carbonyl (C=O) groups is 2. The monoisotopic (exact) mass is 346 g/mol. The molecule has 0 saturated heterocycles. The Morgan fingerprint density at radius 3 is 2.46 bits per heavy atom. The second-order valence-electron chi connectivity index (χ2n) is 4.67. The van der Waals surface area contributed by atoms with Crippen LogP contribution in [-0.4, -0.2) is 33.1 Å². The van der Waals surface area contributed by atoms with Crippen LogP contribution in [0.3, 0.4) is 0 Å². The molecule has 0 bridgehead atoms. The fourth-order valence-corrected chi connectivity index (χ4v) is 2.64. The molecule has 2 aromatic rings. The standard InChI is InChI=1S/C17H18N2O4S/c1-18-17(21)12-9-14(22-2)15(23-3)10-13(12)19-16(20)7-6-11-5-4-8-24-11/h4-10H,1-3H3,(H,18,21)(H,19,20). The Labute approximate surface area is 144 Å². The molecule has 6 nitrogen and oxygen atoms in total. The number of thiophene rings is 1. The Balaban J connectivity index is 2.29. The van der Waals surface area contributed by atoms with Crippen molar-refractivity contribution in [2.24, 2.45) is 0 Å². The molecule has 0 aliphatic heterocycles. The molecule has 0 atom stereocenters. The van der Waals surface area contributed by atoms with Crippen molar-refractivity contribution >= 4 is 34.9 Å². The molecule has 0 aliphatic carbocycles. The van der Waals surface area contributed by atoms with Gasteiger partial charge in [-0.25, -0.2) is 0 Å². The largest absolute Gasteiger partial charge is 0.493 e. The van der Waals surface area contributed by atoms with Crippen LogP contribution in [0.25, 0.3) is 6.08 Å². The summed E-state index contributed by atoms with van der Waals surface area (Å²) in [6.07, 6.45) is 3.12. The summed E-state index contributed by atoms with van der Waals surface area (Å²) in [4.78, 5) is 25.1. The van der Waals surface area contributed by atoms with E-state index in [1.807, 2.05) is 17.5 Å². The molecule has 0 radical (unpaired) electrons. The molecule has 2 amide bonds. The summed E-state index contributed by atoms with van der Waals surface area (Å²) in [5.74, 6) is 0.139. The van der Waals surface area contributed by atoms with Gasteiger partial charge < -0.3 is 20.1 Å². The van der Waals surface area contributed by atoms with Gasteiger partial charge >= 0.3 is 0 Å². The van der Waals surface area contributed by atoms with Crippen LogP contribution < -0.4 is 20.1 Å². The highest BCUT2D eigenvalue weighted by Gasteiger charge is 2.17. The molecule has 1 aromatic carbocycles. The van der Waals surface area contributed by atoms with Crippen LogP contribution in [0, 0.1) is 0 Å². The van der Waals surface area contributed by atoms with Crippen LogP contribution in [0.5, 0.6) is 11.5 Å². The second kappa shape index (κ2) is 8.16. The average molecular weight is 346 g/mol. The number of nitrogens with one attached hydrogen (secondary N) is 2. The molecule has 1 aromatic heterocycles. The summed E-state index contributed by atoms with van der Waals surface area (Å²) in [7, 11) is 4.48. The fraction of sp³-hybridized carbons (Fsp3) is 0.176. The van der Waals surface area contributed by atoms with Crippen molar-refractivity contribution in [1.82, 2.24) is 5.32 Å². The zero-order valence-electron chi connectivity index (χ0n) is 13.6. The quantitative estimate of drug-likeness (QED) is 0.789. The summed E-state index contributed by atoms with van der Waals surface area (Å²) in [6.45, 7) is 0. The van der Waals surface area contributed by atoms with Gasteiger partial charge in [0.05, 0.1) is 25.5 Å². The molecule has 0 aliphatic rings. The highest BCUT2D eigenvalue weighted by molar-refractivity contribution is 7.10. The van der Waals surface area contributed by atoms with Crippen LogP contribution >= 0.6 is 11.3 Å². The fourth-order valence-electron chi connectivity index (χ4n) is 2.02. The maximum absolute atomic E-state index is 12.1. The summed E-state index contributed by atoms with van der Waals surface area (Å²) in [5, 5.41) is 7.16. The minimum Gasteiger partial charge on any atom is -0.493 e. The Kier molecular flexibility index (Phi) is 5.97. The lowest BCUT2D eigenvalue weighted by molar-refractivity contribution is -0.111. The number of methoxy groups -OCH3 is 2. The van der Waals surface area contributed by atoms with E-state index in [1.165, 1.54) is 44.7 Å². The number of anilines is 1. The molecule has 2 N–H and O–H groups in total. The number of hydrogen-bond acceptors (Lipinski definition) is 5. The number of ether oxygens (including phenoxy) is 2. The zero-order chi connectivity index (χ0) is 17.5. The molecule has 0 saturated carbocycles. The van der Waals surface area contributed by atoms with Crippen molar-refractivity contribution in [3.8, 4) is 11.5 Å². The van der Waals surface area contributed by atoms with Gasteiger partial charge in [-0.3, -0.25) is 9.59 Å². The van der Waals surface area contributed by atoms with E-state index in [9.17, 15) is 9.59 Å². The Hall–Kier alpha value is -2.80. The van der Waals surface area contributed by atoms with Crippen molar-refractivity contribution in [3.63, 3.8) is 0 Å². The third-order valence-corrected chi connectivity index (χ3v) is 4.03. The smallest absolute Gasteiger partial charge is 0.253 e. The normalized spacial score (nSPS) is 10.5. The predicted octanol–water partition coefficient (Wildman–Crippen LogP) is 2.78. The first kappa shape index (κ1) is 17.6. The number of benzene rings is 1. The molecule has 0 unspecified atom stereocenters. The molecule has 2 rings (SSSR count). The van der Waals surface area contributed by atoms with Gasteiger partial charge in [0.15, 0.2) is 11.5 Å². The second-order valence-corrected chi connectivity index (χ2v) is 5.65. The first-order valence-electron chi connectivity index (χ1n) is 7.09. The van der Waals surface area contributed by atoms with Gasteiger partial charge in [-0.1, -0.05) is 6.07 Å². The Morgan fingerprint density at radius 1 is 1.17 bits per heavy atom. The van der Waals surface area contributed by atoms with Crippen molar-refractivity contribution in [2.75, 3.05) is 26.6 Å². The summed E-state index contributed by atoms with van der Waals surface area (Å²) in [6, 6.07) is 6.89. The topological polar surface area (TPSA) is 76.7 Å². The maximum Gasteiger partial charge on any atom is 0.253 e. The molecule has 0 fully saturated rings. The lowest BCUT2D eigenvalue weighted by Gasteiger charge is -2.14. The van der Waals surface area contributed by atoms with Gasteiger partial charge in [-0.15, -0.1) is 11.3 Å². The van der Waals surface area contributed by atoms with E-state index in [4.69, 9.17) is 9.47 Å². The maximum atomic E-state index is 12.1. The van der Waals surface area contributed by atoms with Gasteiger partial charge in [-0.2, -0.15) is 0 Å². The van der Waals surface area contributed by atoms with Crippen LogP contribution in [0.15, 0.2) is 35.7 Å². The van der Waals surface area contributed by atoms with Crippen molar-refractivity contribution in [2.45, 2.75) is 0 Å². The SMILES string of the molecule is CNC(=O)c1cc(OC)c(OC)cc1NC(=O)C=Cc1cccs1. The molecular weight excluding hydrogens is 328 g/mol. The van der Waals surface area contributed by atoms with Crippen molar-refractivity contribution in [1.29, 1.82) is 0 Å². The number of amides is 2. The third-order valence-electron chi connectivity index (χ3n) is 3.20. The molecule has 1 heterocycles. The highest BCUT2D eigenvalue weighted by Crippen LogP contribution is 2.33. The first-order chi connectivity index (χ1) is 11.6. The molecule has 126 valence electrons. The zero-order valence-corrected chi connectivity index (χ0v) is 14.4. The molecule has 24 heavy (non-hydrogen) atoms. The predicted molar refractivity (Wildman–Crippen MR) is 94.9 cm³/mol.